The first kappa shape index (κ1) is 17.3. The molecular weight excluding hydrogens is 375 g/mol. The highest BCUT2D eigenvalue weighted by molar-refractivity contribution is 6.35. The van der Waals surface area contributed by atoms with Gasteiger partial charge in [-0.3, -0.25) is 0 Å². The molecule has 0 bridgehead atoms. The number of carbonyl (C=O) groups excluding carboxylic acids is 1. The zero-order chi connectivity index (χ0) is 18.1. The Kier molecular flexibility index (Phi) is 4.83. The van der Waals surface area contributed by atoms with Crippen LogP contribution in [-0.2, 0) is 19.3 Å². The van der Waals surface area contributed by atoms with Crippen molar-refractivity contribution >= 4 is 34.9 Å². The van der Waals surface area contributed by atoms with Crippen molar-refractivity contribution in [3.05, 3.63) is 51.0 Å². The number of amides is 2. The van der Waals surface area contributed by atoms with Crippen molar-refractivity contribution in [3.8, 4) is 11.5 Å². The molecule has 2 aliphatic rings. The second-order valence-corrected chi connectivity index (χ2v) is 7.18. The van der Waals surface area contributed by atoms with Gasteiger partial charge in [0.15, 0.2) is 0 Å². The Labute approximate surface area is 161 Å². The number of carbonyl (C=O) groups is 1. The monoisotopic (exact) mass is 392 g/mol. The van der Waals surface area contributed by atoms with Crippen LogP contribution in [0.2, 0.25) is 10.0 Å². The van der Waals surface area contributed by atoms with Crippen LogP contribution in [0.15, 0.2) is 24.3 Å². The summed E-state index contributed by atoms with van der Waals surface area (Å²) >= 11 is 11.9. The maximum absolute atomic E-state index is 12.1. The maximum atomic E-state index is 12.1. The Morgan fingerprint density at radius 3 is 2.62 bits per heavy atom. The number of ether oxygens (including phenoxy) is 2. The summed E-state index contributed by atoms with van der Waals surface area (Å²) in [6.07, 6.45) is 2.48. The molecule has 26 heavy (non-hydrogen) atoms. The quantitative estimate of drug-likeness (QED) is 0.818. The number of halogens is 2. The Morgan fingerprint density at radius 2 is 1.81 bits per heavy atom. The number of hydrogen-bond donors (Lipinski definition) is 2. The van der Waals surface area contributed by atoms with Gasteiger partial charge in [-0.1, -0.05) is 23.2 Å². The molecule has 2 heterocycles. The molecule has 2 aromatic carbocycles. The molecule has 0 atom stereocenters. The second-order valence-electron chi connectivity index (χ2n) is 6.31. The first-order valence-electron chi connectivity index (χ1n) is 8.54. The molecule has 7 heteroatoms. The number of anilines is 1. The van der Waals surface area contributed by atoms with Gasteiger partial charge in [-0.15, -0.1) is 0 Å². The summed E-state index contributed by atoms with van der Waals surface area (Å²) in [5, 5.41) is 6.55. The molecule has 2 aliphatic heterocycles. The molecule has 0 radical (unpaired) electrons. The van der Waals surface area contributed by atoms with Crippen molar-refractivity contribution in [1.29, 1.82) is 0 Å². The molecule has 0 spiro atoms. The number of rotatable bonds is 4. The van der Waals surface area contributed by atoms with Crippen LogP contribution in [0.1, 0.15) is 16.7 Å². The molecule has 0 saturated heterocycles. The molecule has 0 unspecified atom stereocenters. The summed E-state index contributed by atoms with van der Waals surface area (Å²) in [6.45, 7) is 1.90. The zero-order valence-electron chi connectivity index (χ0n) is 14.0. The molecule has 0 fully saturated rings. The van der Waals surface area contributed by atoms with Gasteiger partial charge in [0.05, 0.1) is 13.2 Å². The normalized spacial score (nSPS) is 14.2. The summed E-state index contributed by atoms with van der Waals surface area (Å²) in [4.78, 5) is 12.1. The number of fused-ring (bicyclic) bond motifs is 2. The highest BCUT2D eigenvalue weighted by atomic mass is 35.5. The fourth-order valence-electron chi connectivity index (χ4n) is 3.45. The zero-order valence-corrected chi connectivity index (χ0v) is 15.5. The molecule has 2 N–H and O–H groups in total. The lowest BCUT2D eigenvalue weighted by atomic mass is 9.97. The molecular formula is C19H18Cl2N2O3. The average Bonchev–Trinajstić information content (AvgIpc) is 3.21. The SMILES string of the molecule is O=C(NCCc1c2c(cc3c1OCC3)OCC2)Nc1cc(Cl)cc(Cl)c1. The summed E-state index contributed by atoms with van der Waals surface area (Å²) in [5.41, 5.74) is 4.10. The van der Waals surface area contributed by atoms with Gasteiger partial charge >= 0.3 is 6.03 Å². The highest BCUT2D eigenvalue weighted by Crippen LogP contribution is 2.40. The third-order valence-corrected chi connectivity index (χ3v) is 4.98. The van der Waals surface area contributed by atoms with E-state index in [9.17, 15) is 4.79 Å². The maximum Gasteiger partial charge on any atom is 0.319 e. The smallest absolute Gasteiger partial charge is 0.319 e. The van der Waals surface area contributed by atoms with Gasteiger partial charge in [0.25, 0.3) is 0 Å². The molecule has 0 aliphatic carbocycles. The van der Waals surface area contributed by atoms with E-state index in [1.165, 1.54) is 11.1 Å². The molecule has 2 aromatic rings. The largest absolute Gasteiger partial charge is 0.493 e. The van der Waals surface area contributed by atoms with Crippen LogP contribution in [0.4, 0.5) is 10.5 Å². The minimum atomic E-state index is -0.301. The third-order valence-electron chi connectivity index (χ3n) is 4.54. The fraction of sp³-hybridized carbons (Fsp3) is 0.316. The lowest BCUT2D eigenvalue weighted by Gasteiger charge is -2.14. The predicted octanol–water partition coefficient (Wildman–Crippen LogP) is 4.23. The van der Waals surface area contributed by atoms with Gasteiger partial charge in [-0.05, 0) is 30.7 Å². The van der Waals surface area contributed by atoms with Gasteiger partial charge in [0.2, 0.25) is 0 Å². The van der Waals surface area contributed by atoms with Crippen LogP contribution in [-0.4, -0.2) is 25.8 Å². The predicted molar refractivity (Wildman–Crippen MR) is 102 cm³/mol. The van der Waals surface area contributed by atoms with E-state index in [-0.39, 0.29) is 6.03 Å². The fourth-order valence-corrected chi connectivity index (χ4v) is 3.98. The van der Waals surface area contributed by atoms with Crippen LogP contribution >= 0.6 is 23.2 Å². The van der Waals surface area contributed by atoms with Gasteiger partial charge in [0, 0.05) is 51.8 Å². The lowest BCUT2D eigenvalue weighted by Crippen LogP contribution is -2.30. The first-order valence-corrected chi connectivity index (χ1v) is 9.30. The molecule has 4 rings (SSSR count). The number of hydrogen-bond acceptors (Lipinski definition) is 3. The second kappa shape index (κ2) is 7.25. The van der Waals surface area contributed by atoms with Crippen molar-refractivity contribution in [2.45, 2.75) is 19.3 Å². The Hall–Kier alpha value is -2.11. The van der Waals surface area contributed by atoms with E-state index in [1.54, 1.807) is 18.2 Å². The number of benzene rings is 2. The lowest BCUT2D eigenvalue weighted by molar-refractivity contribution is 0.252. The van der Waals surface area contributed by atoms with Crippen molar-refractivity contribution < 1.29 is 14.3 Å². The van der Waals surface area contributed by atoms with Gasteiger partial charge in [0.1, 0.15) is 11.5 Å². The number of urea groups is 1. The molecule has 2 amide bonds. The minimum absolute atomic E-state index is 0.301. The van der Waals surface area contributed by atoms with Crippen LogP contribution in [0, 0.1) is 0 Å². The van der Waals surface area contributed by atoms with Crippen molar-refractivity contribution in [2.24, 2.45) is 0 Å². The van der Waals surface area contributed by atoms with E-state index in [0.29, 0.717) is 41.9 Å². The van der Waals surface area contributed by atoms with Gasteiger partial charge in [-0.25, -0.2) is 4.79 Å². The van der Waals surface area contributed by atoms with Crippen LogP contribution < -0.4 is 20.1 Å². The minimum Gasteiger partial charge on any atom is -0.493 e. The Morgan fingerprint density at radius 1 is 1.04 bits per heavy atom. The van der Waals surface area contributed by atoms with E-state index >= 15 is 0 Å². The van der Waals surface area contributed by atoms with E-state index < -0.39 is 0 Å². The van der Waals surface area contributed by atoms with Gasteiger partial charge in [-0.2, -0.15) is 0 Å². The van der Waals surface area contributed by atoms with Crippen molar-refractivity contribution in [3.63, 3.8) is 0 Å². The summed E-state index contributed by atoms with van der Waals surface area (Å²) in [5.74, 6) is 1.93. The number of nitrogens with one attached hydrogen (secondary N) is 2. The van der Waals surface area contributed by atoms with Crippen molar-refractivity contribution in [1.82, 2.24) is 5.32 Å². The summed E-state index contributed by atoms with van der Waals surface area (Å²) in [6, 6.07) is 6.71. The third kappa shape index (κ3) is 3.55. The van der Waals surface area contributed by atoms with E-state index in [4.69, 9.17) is 32.7 Å². The average molecular weight is 393 g/mol. The Bertz CT molecular complexity index is 818. The molecule has 0 aromatic heterocycles. The van der Waals surface area contributed by atoms with Crippen LogP contribution in [0.25, 0.3) is 0 Å². The molecule has 5 nitrogen and oxygen atoms in total. The Balaban J connectivity index is 1.40. The van der Waals surface area contributed by atoms with E-state index in [0.717, 1.165) is 29.9 Å². The van der Waals surface area contributed by atoms with Gasteiger partial charge < -0.3 is 20.1 Å². The molecule has 0 saturated carbocycles. The van der Waals surface area contributed by atoms with Crippen molar-refractivity contribution in [2.75, 3.05) is 25.1 Å². The highest BCUT2D eigenvalue weighted by Gasteiger charge is 2.26. The summed E-state index contributed by atoms with van der Waals surface area (Å²) in [7, 11) is 0. The van der Waals surface area contributed by atoms with E-state index in [2.05, 4.69) is 16.7 Å². The summed E-state index contributed by atoms with van der Waals surface area (Å²) < 4.78 is 11.5. The van der Waals surface area contributed by atoms with Crippen LogP contribution in [0.3, 0.4) is 0 Å². The molecule has 136 valence electrons. The van der Waals surface area contributed by atoms with E-state index in [1.807, 2.05) is 0 Å². The topological polar surface area (TPSA) is 59.6 Å². The standard InChI is InChI=1S/C19H18Cl2N2O3/c20-12-8-13(21)10-14(9-12)23-19(24)22-4-1-16-15-3-6-25-17(15)7-11-2-5-26-18(11)16/h7-10H,1-6H2,(H2,22,23,24). The van der Waals surface area contributed by atoms with Crippen LogP contribution in [0.5, 0.6) is 11.5 Å². The first-order chi connectivity index (χ1) is 12.6.